The van der Waals surface area contributed by atoms with Crippen molar-refractivity contribution in [2.75, 3.05) is 20.2 Å². The summed E-state index contributed by atoms with van der Waals surface area (Å²) < 4.78 is 11.7. The Morgan fingerprint density at radius 3 is 3.00 bits per heavy atom. The van der Waals surface area contributed by atoms with Gasteiger partial charge in [-0.3, -0.25) is 0 Å². The van der Waals surface area contributed by atoms with Crippen molar-refractivity contribution < 1.29 is 9.47 Å². The summed E-state index contributed by atoms with van der Waals surface area (Å²) in [5, 5.41) is 3.54. The van der Waals surface area contributed by atoms with Crippen molar-refractivity contribution in [1.82, 2.24) is 5.32 Å². The minimum Gasteiger partial charge on any atom is -0.496 e. The van der Waals surface area contributed by atoms with Gasteiger partial charge in [0.05, 0.1) is 7.11 Å². The highest BCUT2D eigenvalue weighted by atomic mass is 16.5. The van der Waals surface area contributed by atoms with Crippen LogP contribution in [-0.4, -0.2) is 26.3 Å². The van der Waals surface area contributed by atoms with Crippen LogP contribution in [0, 0.1) is 5.92 Å². The zero-order chi connectivity index (χ0) is 14.8. The predicted molar refractivity (Wildman–Crippen MR) is 85.4 cm³/mol. The van der Waals surface area contributed by atoms with Gasteiger partial charge >= 0.3 is 0 Å². The molecular formula is C18H27NO2. The number of hydrogen-bond acceptors (Lipinski definition) is 3. The molecule has 3 heteroatoms. The maximum Gasteiger partial charge on any atom is 0.123 e. The summed E-state index contributed by atoms with van der Waals surface area (Å²) in [6.07, 6.45) is 4.99. The van der Waals surface area contributed by atoms with E-state index in [0.29, 0.717) is 17.9 Å². The van der Waals surface area contributed by atoms with E-state index in [9.17, 15) is 0 Å². The fourth-order valence-electron chi connectivity index (χ4n) is 3.93. The monoisotopic (exact) mass is 289 g/mol. The van der Waals surface area contributed by atoms with Crippen LogP contribution in [-0.2, 0) is 6.42 Å². The fourth-order valence-corrected chi connectivity index (χ4v) is 3.93. The van der Waals surface area contributed by atoms with E-state index < -0.39 is 0 Å². The van der Waals surface area contributed by atoms with Gasteiger partial charge in [0.25, 0.3) is 0 Å². The molecule has 0 saturated carbocycles. The topological polar surface area (TPSA) is 30.5 Å². The molecule has 3 unspecified atom stereocenters. The molecule has 0 aromatic heterocycles. The Labute approximate surface area is 128 Å². The molecule has 1 N–H and O–H groups in total. The molecule has 0 radical (unpaired) electrons. The lowest BCUT2D eigenvalue weighted by atomic mass is 9.78. The number of methoxy groups -OCH3 is 1. The summed E-state index contributed by atoms with van der Waals surface area (Å²) >= 11 is 0. The smallest absolute Gasteiger partial charge is 0.123 e. The Morgan fingerprint density at radius 1 is 1.38 bits per heavy atom. The van der Waals surface area contributed by atoms with Crippen molar-refractivity contribution in [3.63, 3.8) is 0 Å². The van der Waals surface area contributed by atoms with Crippen LogP contribution in [0.25, 0.3) is 0 Å². The SMILES string of the molecule is CCCC1CNCCC1c1cc2c(cc1OC)CC(C)O2. The number of benzene rings is 1. The minimum absolute atomic E-state index is 0.291. The molecule has 116 valence electrons. The summed E-state index contributed by atoms with van der Waals surface area (Å²) in [6, 6.07) is 4.47. The molecule has 0 amide bonds. The zero-order valence-electron chi connectivity index (χ0n) is 13.4. The number of rotatable bonds is 4. The molecule has 2 heterocycles. The zero-order valence-corrected chi connectivity index (χ0v) is 13.4. The first-order chi connectivity index (χ1) is 10.2. The van der Waals surface area contributed by atoms with Crippen LogP contribution in [0.5, 0.6) is 11.5 Å². The van der Waals surface area contributed by atoms with Gasteiger partial charge in [0, 0.05) is 17.5 Å². The third-order valence-corrected chi connectivity index (χ3v) is 4.91. The van der Waals surface area contributed by atoms with Gasteiger partial charge in [0.15, 0.2) is 0 Å². The van der Waals surface area contributed by atoms with Crippen LogP contribution >= 0.6 is 0 Å². The maximum absolute atomic E-state index is 5.96. The van der Waals surface area contributed by atoms with E-state index >= 15 is 0 Å². The standard InChI is InChI=1S/C18H27NO2/c1-4-5-13-11-19-7-6-15(13)16-10-17-14(8-12(2)21-17)9-18(16)20-3/h9-10,12-13,15,19H,4-8,11H2,1-3H3. The Morgan fingerprint density at radius 2 is 2.24 bits per heavy atom. The van der Waals surface area contributed by atoms with Gasteiger partial charge in [-0.2, -0.15) is 0 Å². The normalized spacial score (nSPS) is 28.0. The van der Waals surface area contributed by atoms with Crippen molar-refractivity contribution in [2.45, 2.75) is 51.6 Å². The fraction of sp³-hybridized carbons (Fsp3) is 0.667. The molecule has 1 aromatic rings. The van der Waals surface area contributed by atoms with Gasteiger partial charge in [-0.1, -0.05) is 13.3 Å². The molecule has 2 aliphatic rings. The lowest BCUT2D eigenvalue weighted by Crippen LogP contribution is -2.35. The molecule has 1 saturated heterocycles. The first kappa shape index (κ1) is 14.7. The molecule has 0 aliphatic carbocycles. The third-order valence-electron chi connectivity index (χ3n) is 4.91. The van der Waals surface area contributed by atoms with Crippen molar-refractivity contribution >= 4 is 0 Å². The highest BCUT2D eigenvalue weighted by Crippen LogP contribution is 2.43. The highest BCUT2D eigenvalue weighted by Gasteiger charge is 2.30. The molecule has 3 atom stereocenters. The second kappa shape index (κ2) is 6.27. The average Bonchev–Trinajstić information content (AvgIpc) is 2.86. The first-order valence-corrected chi connectivity index (χ1v) is 8.31. The lowest BCUT2D eigenvalue weighted by molar-refractivity contribution is 0.253. The van der Waals surface area contributed by atoms with Crippen LogP contribution in [0.2, 0.25) is 0 Å². The average molecular weight is 289 g/mol. The highest BCUT2D eigenvalue weighted by molar-refractivity contribution is 5.50. The van der Waals surface area contributed by atoms with Crippen LogP contribution in [0.3, 0.4) is 0 Å². The van der Waals surface area contributed by atoms with Gasteiger partial charge in [0.2, 0.25) is 0 Å². The van der Waals surface area contributed by atoms with Gasteiger partial charge in [0.1, 0.15) is 17.6 Å². The van der Waals surface area contributed by atoms with E-state index in [0.717, 1.165) is 31.0 Å². The van der Waals surface area contributed by atoms with Crippen molar-refractivity contribution in [1.29, 1.82) is 0 Å². The molecule has 2 aliphatic heterocycles. The molecule has 3 rings (SSSR count). The summed E-state index contributed by atoms with van der Waals surface area (Å²) in [5.41, 5.74) is 2.65. The number of fused-ring (bicyclic) bond motifs is 1. The van der Waals surface area contributed by atoms with Gasteiger partial charge in [-0.25, -0.2) is 0 Å². The number of nitrogens with one attached hydrogen (secondary N) is 1. The number of ether oxygens (including phenoxy) is 2. The largest absolute Gasteiger partial charge is 0.496 e. The van der Waals surface area contributed by atoms with E-state index in [4.69, 9.17) is 9.47 Å². The van der Waals surface area contributed by atoms with Gasteiger partial charge in [-0.15, -0.1) is 0 Å². The molecule has 0 spiro atoms. The van der Waals surface area contributed by atoms with E-state index in [1.165, 1.54) is 30.4 Å². The third kappa shape index (κ3) is 2.89. The Kier molecular flexibility index (Phi) is 4.39. The summed E-state index contributed by atoms with van der Waals surface area (Å²) in [4.78, 5) is 0. The van der Waals surface area contributed by atoms with Gasteiger partial charge in [-0.05, 0) is 56.8 Å². The first-order valence-electron chi connectivity index (χ1n) is 8.31. The lowest BCUT2D eigenvalue weighted by Gasteiger charge is -2.33. The van der Waals surface area contributed by atoms with Crippen molar-refractivity contribution in [3.05, 3.63) is 23.3 Å². The van der Waals surface area contributed by atoms with E-state index in [1.807, 2.05) is 0 Å². The van der Waals surface area contributed by atoms with Crippen LogP contribution in [0.1, 0.15) is 50.2 Å². The molecule has 1 fully saturated rings. The molecule has 21 heavy (non-hydrogen) atoms. The second-order valence-corrected chi connectivity index (χ2v) is 6.48. The van der Waals surface area contributed by atoms with Crippen molar-refractivity contribution in [2.24, 2.45) is 5.92 Å². The minimum atomic E-state index is 0.291. The second-order valence-electron chi connectivity index (χ2n) is 6.48. The number of hydrogen-bond donors (Lipinski definition) is 1. The van der Waals surface area contributed by atoms with Crippen LogP contribution in [0.15, 0.2) is 12.1 Å². The van der Waals surface area contributed by atoms with Crippen LogP contribution < -0.4 is 14.8 Å². The summed E-state index contributed by atoms with van der Waals surface area (Å²) in [7, 11) is 1.79. The molecular weight excluding hydrogens is 262 g/mol. The maximum atomic E-state index is 5.96. The summed E-state index contributed by atoms with van der Waals surface area (Å²) in [5.74, 6) is 3.42. The molecule has 0 bridgehead atoms. The number of piperidine rings is 1. The Hall–Kier alpha value is -1.22. The van der Waals surface area contributed by atoms with E-state index in [1.54, 1.807) is 7.11 Å². The predicted octanol–water partition coefficient (Wildman–Crippen LogP) is 3.51. The van der Waals surface area contributed by atoms with Crippen molar-refractivity contribution in [3.8, 4) is 11.5 Å². The molecule has 1 aromatic carbocycles. The quantitative estimate of drug-likeness (QED) is 0.920. The van der Waals surface area contributed by atoms with Gasteiger partial charge < -0.3 is 14.8 Å². The van der Waals surface area contributed by atoms with E-state index in [2.05, 4.69) is 31.3 Å². The Bertz CT molecular complexity index is 498. The van der Waals surface area contributed by atoms with Crippen LogP contribution in [0.4, 0.5) is 0 Å². The summed E-state index contributed by atoms with van der Waals surface area (Å²) in [6.45, 7) is 6.63. The Balaban J connectivity index is 1.94. The van der Waals surface area contributed by atoms with E-state index in [-0.39, 0.29) is 0 Å². The molecule has 3 nitrogen and oxygen atoms in total.